The van der Waals surface area contributed by atoms with Gasteiger partial charge in [0.05, 0.1) is 4.47 Å². The van der Waals surface area contributed by atoms with Crippen molar-refractivity contribution in [1.29, 1.82) is 0 Å². The predicted octanol–water partition coefficient (Wildman–Crippen LogP) is 2.64. The molecule has 1 aromatic carbocycles. The first-order valence-electron chi connectivity index (χ1n) is 6.48. The number of carbonyl (C=O) groups is 1. The van der Waals surface area contributed by atoms with E-state index in [0.29, 0.717) is 11.0 Å². The number of halogens is 2. The van der Waals surface area contributed by atoms with Crippen LogP contribution in [0, 0.1) is 5.82 Å². The number of nitrogens with zero attached hydrogens (tertiary/aromatic N) is 2. The Kier molecular flexibility index (Phi) is 4.93. The molecule has 0 saturated carbocycles. The lowest BCUT2D eigenvalue weighted by Crippen LogP contribution is -2.33. The van der Waals surface area contributed by atoms with Gasteiger partial charge in [0, 0.05) is 39.6 Å². The molecule has 0 unspecified atom stereocenters. The van der Waals surface area contributed by atoms with Gasteiger partial charge in [0.25, 0.3) is 0 Å². The molecule has 1 aliphatic rings. The van der Waals surface area contributed by atoms with Gasteiger partial charge in [-0.2, -0.15) is 0 Å². The van der Waals surface area contributed by atoms with E-state index in [0.717, 1.165) is 38.2 Å². The first-order valence-corrected chi connectivity index (χ1v) is 7.28. The van der Waals surface area contributed by atoms with Crippen LogP contribution in [0.25, 0.3) is 0 Å². The maximum absolute atomic E-state index is 13.5. The van der Waals surface area contributed by atoms with Crippen LogP contribution in [0.1, 0.15) is 18.9 Å². The lowest BCUT2D eigenvalue weighted by Gasteiger charge is -2.21. The second kappa shape index (κ2) is 6.48. The molecule has 5 heteroatoms. The van der Waals surface area contributed by atoms with Crippen molar-refractivity contribution in [3.63, 3.8) is 0 Å². The molecule has 1 aliphatic heterocycles. The maximum atomic E-state index is 13.5. The Balaban J connectivity index is 2.00. The van der Waals surface area contributed by atoms with Crippen LogP contribution in [0.2, 0.25) is 0 Å². The number of carbonyl (C=O) groups excluding carboxylic acids is 1. The quantitative estimate of drug-likeness (QED) is 0.833. The smallest absolute Gasteiger partial charge is 0.219 e. The molecule has 1 saturated heterocycles. The van der Waals surface area contributed by atoms with Crippen LogP contribution in [0.4, 0.5) is 4.39 Å². The van der Waals surface area contributed by atoms with Crippen molar-refractivity contribution >= 4 is 21.8 Å². The average Bonchev–Trinajstić information content (AvgIpc) is 2.60. The Hall–Kier alpha value is -0.940. The maximum Gasteiger partial charge on any atom is 0.219 e. The fraction of sp³-hybridized carbons (Fsp3) is 0.500. The molecule has 0 aliphatic carbocycles. The van der Waals surface area contributed by atoms with Gasteiger partial charge in [-0.05, 0) is 34.0 Å². The fourth-order valence-electron chi connectivity index (χ4n) is 2.36. The number of benzene rings is 1. The van der Waals surface area contributed by atoms with Gasteiger partial charge < -0.3 is 4.90 Å². The Bertz CT molecular complexity index is 467. The monoisotopic (exact) mass is 328 g/mol. The third kappa shape index (κ3) is 3.76. The second-order valence-electron chi connectivity index (χ2n) is 4.85. The summed E-state index contributed by atoms with van der Waals surface area (Å²) >= 11 is 3.30. The Morgan fingerprint density at radius 2 is 2.11 bits per heavy atom. The van der Waals surface area contributed by atoms with E-state index in [-0.39, 0.29) is 11.7 Å². The highest BCUT2D eigenvalue weighted by molar-refractivity contribution is 9.10. The van der Waals surface area contributed by atoms with E-state index in [1.807, 2.05) is 11.0 Å². The third-order valence-corrected chi connectivity index (χ3v) is 4.35. The van der Waals surface area contributed by atoms with Crippen molar-refractivity contribution in [2.24, 2.45) is 0 Å². The lowest BCUT2D eigenvalue weighted by molar-refractivity contribution is -0.128. The zero-order valence-electron chi connectivity index (χ0n) is 11.0. The molecule has 19 heavy (non-hydrogen) atoms. The number of amides is 1. The van der Waals surface area contributed by atoms with E-state index in [2.05, 4.69) is 20.8 Å². The molecule has 1 amide bonds. The minimum Gasteiger partial charge on any atom is -0.342 e. The summed E-state index contributed by atoms with van der Waals surface area (Å²) in [7, 11) is 0. The third-order valence-electron chi connectivity index (χ3n) is 3.46. The van der Waals surface area contributed by atoms with E-state index in [4.69, 9.17) is 0 Å². The zero-order chi connectivity index (χ0) is 13.8. The normalized spacial score (nSPS) is 17.3. The predicted molar refractivity (Wildman–Crippen MR) is 76.2 cm³/mol. The van der Waals surface area contributed by atoms with Gasteiger partial charge >= 0.3 is 0 Å². The first-order chi connectivity index (χ1) is 9.08. The van der Waals surface area contributed by atoms with Crippen LogP contribution in [-0.2, 0) is 11.3 Å². The summed E-state index contributed by atoms with van der Waals surface area (Å²) in [6, 6.07) is 5.11. The van der Waals surface area contributed by atoms with Crippen LogP contribution in [0.15, 0.2) is 22.7 Å². The SMILES string of the molecule is CC(=O)N1CCCN(Cc2cccc(F)c2Br)CC1. The molecule has 0 bridgehead atoms. The Morgan fingerprint density at radius 3 is 2.84 bits per heavy atom. The van der Waals surface area contributed by atoms with Crippen molar-refractivity contribution in [2.45, 2.75) is 19.9 Å². The topological polar surface area (TPSA) is 23.6 Å². The number of hydrogen-bond donors (Lipinski definition) is 0. The van der Waals surface area contributed by atoms with Gasteiger partial charge in [0.1, 0.15) is 5.82 Å². The van der Waals surface area contributed by atoms with Gasteiger partial charge in [0.2, 0.25) is 5.91 Å². The summed E-state index contributed by atoms with van der Waals surface area (Å²) in [5, 5.41) is 0. The van der Waals surface area contributed by atoms with E-state index in [1.54, 1.807) is 13.0 Å². The molecule has 0 N–H and O–H groups in total. The number of rotatable bonds is 2. The molecular formula is C14H18BrFN2O. The summed E-state index contributed by atoms with van der Waals surface area (Å²) in [4.78, 5) is 15.5. The van der Waals surface area contributed by atoms with Crippen molar-refractivity contribution in [3.05, 3.63) is 34.1 Å². The van der Waals surface area contributed by atoms with Gasteiger partial charge in [-0.25, -0.2) is 4.39 Å². The van der Waals surface area contributed by atoms with Crippen molar-refractivity contribution in [2.75, 3.05) is 26.2 Å². The molecular weight excluding hydrogens is 311 g/mol. The van der Waals surface area contributed by atoms with Gasteiger partial charge in [-0.15, -0.1) is 0 Å². The standard InChI is InChI=1S/C14H18BrFN2O/c1-11(19)18-7-3-6-17(8-9-18)10-12-4-2-5-13(16)14(12)15/h2,4-5H,3,6-10H2,1H3. The molecule has 1 aromatic rings. The first kappa shape index (κ1) is 14.5. The van der Waals surface area contributed by atoms with Gasteiger partial charge in [-0.3, -0.25) is 9.69 Å². The summed E-state index contributed by atoms with van der Waals surface area (Å²) in [6.45, 7) is 5.66. The van der Waals surface area contributed by atoms with Crippen LogP contribution in [0.3, 0.4) is 0 Å². The highest BCUT2D eigenvalue weighted by Gasteiger charge is 2.17. The van der Waals surface area contributed by atoms with Crippen LogP contribution < -0.4 is 0 Å². The summed E-state index contributed by atoms with van der Waals surface area (Å²) in [5.41, 5.74) is 0.955. The van der Waals surface area contributed by atoms with E-state index in [9.17, 15) is 9.18 Å². The molecule has 0 spiro atoms. The highest BCUT2D eigenvalue weighted by atomic mass is 79.9. The Morgan fingerprint density at radius 1 is 1.32 bits per heavy atom. The minimum absolute atomic E-state index is 0.133. The fourth-order valence-corrected chi connectivity index (χ4v) is 2.75. The summed E-state index contributed by atoms with van der Waals surface area (Å²) in [5.74, 6) is -0.0912. The molecule has 3 nitrogen and oxygen atoms in total. The van der Waals surface area contributed by atoms with E-state index >= 15 is 0 Å². The zero-order valence-corrected chi connectivity index (χ0v) is 12.6. The summed E-state index contributed by atoms with van der Waals surface area (Å²) < 4.78 is 14.0. The molecule has 0 radical (unpaired) electrons. The molecule has 0 aromatic heterocycles. The Labute approximate surface area is 121 Å². The average molecular weight is 329 g/mol. The largest absolute Gasteiger partial charge is 0.342 e. The highest BCUT2D eigenvalue weighted by Crippen LogP contribution is 2.22. The van der Waals surface area contributed by atoms with E-state index in [1.165, 1.54) is 6.07 Å². The molecule has 1 fully saturated rings. The van der Waals surface area contributed by atoms with Crippen LogP contribution in [-0.4, -0.2) is 41.9 Å². The lowest BCUT2D eigenvalue weighted by atomic mass is 10.2. The number of hydrogen-bond acceptors (Lipinski definition) is 2. The molecule has 1 heterocycles. The van der Waals surface area contributed by atoms with Crippen LogP contribution in [0.5, 0.6) is 0 Å². The van der Waals surface area contributed by atoms with Crippen molar-refractivity contribution in [3.8, 4) is 0 Å². The van der Waals surface area contributed by atoms with Gasteiger partial charge in [-0.1, -0.05) is 12.1 Å². The molecule has 0 atom stereocenters. The second-order valence-corrected chi connectivity index (χ2v) is 5.64. The van der Waals surface area contributed by atoms with Gasteiger partial charge in [0.15, 0.2) is 0 Å². The molecule has 2 rings (SSSR count). The van der Waals surface area contributed by atoms with Crippen molar-refractivity contribution < 1.29 is 9.18 Å². The molecule has 104 valence electrons. The van der Waals surface area contributed by atoms with E-state index < -0.39 is 0 Å². The summed E-state index contributed by atoms with van der Waals surface area (Å²) in [6.07, 6.45) is 0.965. The van der Waals surface area contributed by atoms with Crippen LogP contribution >= 0.6 is 15.9 Å². The minimum atomic E-state index is -0.224. The van der Waals surface area contributed by atoms with Crippen molar-refractivity contribution in [1.82, 2.24) is 9.80 Å².